The molecule has 1 unspecified atom stereocenters. The van der Waals surface area contributed by atoms with Gasteiger partial charge in [0.05, 0.1) is 0 Å². The number of amides is 2. The lowest BCUT2D eigenvalue weighted by atomic mass is 10.0. The molecule has 5 heteroatoms. The summed E-state index contributed by atoms with van der Waals surface area (Å²) in [7, 11) is 0. The highest BCUT2D eigenvalue weighted by molar-refractivity contribution is 5.94. The number of nitrogens with zero attached hydrogens (tertiary/aromatic N) is 2. The van der Waals surface area contributed by atoms with Gasteiger partial charge in [-0.15, -0.1) is 0 Å². The summed E-state index contributed by atoms with van der Waals surface area (Å²) in [4.78, 5) is 28.6. The molecule has 2 heterocycles. The fraction of sp³-hybridized carbons (Fsp3) is 0.579. The van der Waals surface area contributed by atoms with Gasteiger partial charge in [-0.25, -0.2) is 0 Å². The molecule has 2 saturated heterocycles. The molecule has 0 aromatic heterocycles. The second-order valence-electron chi connectivity index (χ2n) is 6.94. The van der Waals surface area contributed by atoms with E-state index in [9.17, 15) is 9.59 Å². The summed E-state index contributed by atoms with van der Waals surface area (Å²) in [5, 5.41) is 3.34. The van der Waals surface area contributed by atoms with Crippen molar-refractivity contribution < 1.29 is 9.59 Å². The van der Waals surface area contributed by atoms with E-state index in [1.54, 1.807) is 0 Å². The van der Waals surface area contributed by atoms with Gasteiger partial charge in [-0.3, -0.25) is 9.59 Å². The van der Waals surface area contributed by atoms with Crippen LogP contribution < -0.4 is 5.32 Å². The van der Waals surface area contributed by atoms with E-state index in [1.165, 1.54) is 6.42 Å². The van der Waals surface area contributed by atoms with Crippen LogP contribution in [0, 0.1) is 12.8 Å². The average Bonchev–Trinajstić information content (AvgIpc) is 3.13. The molecule has 2 amide bonds. The Morgan fingerprint density at radius 2 is 1.75 bits per heavy atom. The molecule has 0 aliphatic carbocycles. The molecule has 1 atom stereocenters. The number of carbonyl (C=O) groups excluding carboxylic acids is 2. The third kappa shape index (κ3) is 4.15. The maximum atomic E-state index is 12.5. The van der Waals surface area contributed by atoms with E-state index in [1.807, 2.05) is 41.0 Å². The highest BCUT2D eigenvalue weighted by Crippen LogP contribution is 2.16. The van der Waals surface area contributed by atoms with E-state index < -0.39 is 0 Å². The van der Waals surface area contributed by atoms with Gasteiger partial charge in [0, 0.05) is 38.2 Å². The molecule has 0 spiro atoms. The molecule has 2 fully saturated rings. The molecule has 2 aliphatic heterocycles. The molecule has 5 nitrogen and oxygen atoms in total. The molecule has 130 valence electrons. The Labute approximate surface area is 144 Å². The predicted molar refractivity (Wildman–Crippen MR) is 93.9 cm³/mol. The Bertz CT molecular complexity index is 571. The summed E-state index contributed by atoms with van der Waals surface area (Å²) in [5.74, 6) is 0.960. The standard InChI is InChI=1S/C19H27N3O2/c1-15-2-5-17(6-3-15)19(24)22-12-10-21(11-13-22)18(23)7-4-16-8-9-20-14-16/h2-3,5-6,16,20H,4,7-14H2,1H3. The minimum atomic E-state index is 0.0686. The lowest BCUT2D eigenvalue weighted by molar-refractivity contribution is -0.132. The van der Waals surface area contributed by atoms with Crippen LogP contribution in [0.2, 0.25) is 0 Å². The van der Waals surface area contributed by atoms with Crippen molar-refractivity contribution >= 4 is 11.8 Å². The number of hydrogen-bond donors (Lipinski definition) is 1. The Morgan fingerprint density at radius 3 is 2.38 bits per heavy atom. The van der Waals surface area contributed by atoms with Crippen molar-refractivity contribution in [2.45, 2.75) is 26.2 Å². The number of rotatable bonds is 4. The molecule has 0 bridgehead atoms. The first-order chi connectivity index (χ1) is 11.6. The van der Waals surface area contributed by atoms with Gasteiger partial charge in [-0.05, 0) is 50.9 Å². The third-order valence-electron chi connectivity index (χ3n) is 5.15. The van der Waals surface area contributed by atoms with Crippen LogP contribution in [0.5, 0.6) is 0 Å². The van der Waals surface area contributed by atoms with Crippen molar-refractivity contribution in [2.75, 3.05) is 39.3 Å². The monoisotopic (exact) mass is 329 g/mol. The molecule has 0 radical (unpaired) electrons. The molecular formula is C19H27N3O2. The molecule has 2 aliphatic rings. The molecule has 24 heavy (non-hydrogen) atoms. The quantitative estimate of drug-likeness (QED) is 0.914. The average molecular weight is 329 g/mol. The van der Waals surface area contributed by atoms with Gasteiger partial charge in [-0.2, -0.15) is 0 Å². The van der Waals surface area contributed by atoms with Gasteiger partial charge in [0.2, 0.25) is 5.91 Å². The third-order valence-corrected chi connectivity index (χ3v) is 5.15. The maximum Gasteiger partial charge on any atom is 0.253 e. The number of benzene rings is 1. The van der Waals surface area contributed by atoms with Crippen molar-refractivity contribution in [3.63, 3.8) is 0 Å². The number of hydrogen-bond acceptors (Lipinski definition) is 3. The van der Waals surface area contributed by atoms with Crippen molar-refractivity contribution in [1.82, 2.24) is 15.1 Å². The molecule has 1 aromatic rings. The fourth-order valence-electron chi connectivity index (χ4n) is 3.48. The van der Waals surface area contributed by atoms with Gasteiger partial charge < -0.3 is 15.1 Å². The highest BCUT2D eigenvalue weighted by Gasteiger charge is 2.25. The normalized spacial score (nSPS) is 21.1. The van der Waals surface area contributed by atoms with Crippen LogP contribution in [0.4, 0.5) is 0 Å². The first kappa shape index (κ1) is 17.0. The second kappa shape index (κ2) is 7.79. The minimum Gasteiger partial charge on any atom is -0.339 e. The fourth-order valence-corrected chi connectivity index (χ4v) is 3.48. The van der Waals surface area contributed by atoms with Crippen molar-refractivity contribution in [3.05, 3.63) is 35.4 Å². The molecule has 1 N–H and O–H groups in total. The van der Waals surface area contributed by atoms with Crippen LogP contribution in [0.3, 0.4) is 0 Å². The highest BCUT2D eigenvalue weighted by atomic mass is 16.2. The topological polar surface area (TPSA) is 52.7 Å². The van der Waals surface area contributed by atoms with Crippen LogP contribution in [-0.4, -0.2) is 60.9 Å². The number of nitrogens with one attached hydrogen (secondary N) is 1. The van der Waals surface area contributed by atoms with E-state index in [0.717, 1.165) is 30.6 Å². The van der Waals surface area contributed by atoms with E-state index in [4.69, 9.17) is 0 Å². The van der Waals surface area contributed by atoms with Crippen molar-refractivity contribution in [2.24, 2.45) is 5.92 Å². The predicted octanol–water partition coefficient (Wildman–Crippen LogP) is 1.67. The molecule has 1 aromatic carbocycles. The summed E-state index contributed by atoms with van der Waals surface area (Å²) >= 11 is 0. The summed E-state index contributed by atoms with van der Waals surface area (Å²) in [6.07, 6.45) is 2.80. The molecular weight excluding hydrogens is 302 g/mol. The van der Waals surface area contributed by atoms with E-state index in [2.05, 4.69) is 5.32 Å². The Hall–Kier alpha value is -1.88. The van der Waals surface area contributed by atoms with Crippen LogP contribution in [0.25, 0.3) is 0 Å². The van der Waals surface area contributed by atoms with Gasteiger partial charge >= 0.3 is 0 Å². The van der Waals surface area contributed by atoms with Gasteiger partial charge in [0.15, 0.2) is 0 Å². The van der Waals surface area contributed by atoms with Gasteiger partial charge in [0.1, 0.15) is 0 Å². The Morgan fingerprint density at radius 1 is 1.08 bits per heavy atom. The van der Waals surface area contributed by atoms with E-state index >= 15 is 0 Å². The van der Waals surface area contributed by atoms with Crippen LogP contribution in [0.1, 0.15) is 35.2 Å². The smallest absolute Gasteiger partial charge is 0.253 e. The summed E-state index contributed by atoms with van der Waals surface area (Å²) in [6, 6.07) is 7.69. The largest absolute Gasteiger partial charge is 0.339 e. The van der Waals surface area contributed by atoms with Crippen molar-refractivity contribution in [1.29, 1.82) is 0 Å². The lowest BCUT2D eigenvalue weighted by Crippen LogP contribution is -2.50. The number of aryl methyl sites for hydroxylation is 1. The number of carbonyl (C=O) groups is 2. The number of piperazine rings is 1. The van der Waals surface area contributed by atoms with E-state index in [0.29, 0.717) is 38.5 Å². The Balaban J connectivity index is 1.45. The zero-order chi connectivity index (χ0) is 16.9. The maximum absolute atomic E-state index is 12.5. The first-order valence-corrected chi connectivity index (χ1v) is 8.98. The summed E-state index contributed by atoms with van der Waals surface area (Å²) < 4.78 is 0. The Kier molecular flexibility index (Phi) is 5.51. The SMILES string of the molecule is Cc1ccc(C(=O)N2CCN(C(=O)CCC3CCNC3)CC2)cc1. The zero-order valence-corrected chi connectivity index (χ0v) is 14.5. The lowest BCUT2D eigenvalue weighted by Gasteiger charge is -2.35. The first-order valence-electron chi connectivity index (χ1n) is 8.98. The summed E-state index contributed by atoms with van der Waals surface area (Å²) in [6.45, 7) is 6.70. The van der Waals surface area contributed by atoms with Gasteiger partial charge in [0.25, 0.3) is 5.91 Å². The molecule has 0 saturated carbocycles. The van der Waals surface area contributed by atoms with E-state index in [-0.39, 0.29) is 11.8 Å². The van der Waals surface area contributed by atoms with Crippen LogP contribution >= 0.6 is 0 Å². The van der Waals surface area contributed by atoms with Crippen LogP contribution in [-0.2, 0) is 4.79 Å². The van der Waals surface area contributed by atoms with Crippen LogP contribution in [0.15, 0.2) is 24.3 Å². The second-order valence-corrected chi connectivity index (χ2v) is 6.94. The summed E-state index contributed by atoms with van der Waals surface area (Å²) in [5.41, 5.74) is 1.88. The minimum absolute atomic E-state index is 0.0686. The zero-order valence-electron chi connectivity index (χ0n) is 14.5. The van der Waals surface area contributed by atoms with Gasteiger partial charge in [-0.1, -0.05) is 17.7 Å². The molecule has 3 rings (SSSR count). The van der Waals surface area contributed by atoms with Crippen molar-refractivity contribution in [3.8, 4) is 0 Å².